The Morgan fingerprint density at radius 3 is 2.11 bits per heavy atom. The molecule has 1 amide bonds. The van der Waals surface area contributed by atoms with E-state index < -0.39 is 0 Å². The van der Waals surface area contributed by atoms with E-state index in [2.05, 4.69) is 66.6 Å². The fourth-order valence-corrected chi connectivity index (χ4v) is 4.83. The number of nitrogens with one attached hydrogen (secondary N) is 1. The van der Waals surface area contributed by atoms with Crippen LogP contribution in [0, 0.1) is 0 Å². The summed E-state index contributed by atoms with van der Waals surface area (Å²) in [7, 11) is 3.15. The molecule has 188 valence electrons. The molecule has 0 bridgehead atoms. The highest BCUT2D eigenvalue weighted by Crippen LogP contribution is 2.35. The molecule has 4 rings (SSSR count). The average molecular weight is 551 g/mol. The molecule has 0 atom stereocenters. The predicted octanol–water partition coefficient (Wildman–Crippen LogP) is 4.55. The first-order valence-corrected chi connectivity index (χ1v) is 12.7. The molecule has 1 fully saturated rings. The van der Waals surface area contributed by atoms with Crippen molar-refractivity contribution in [1.82, 2.24) is 15.2 Å². The van der Waals surface area contributed by atoms with Crippen LogP contribution in [0.2, 0.25) is 0 Å². The van der Waals surface area contributed by atoms with Crippen LogP contribution in [0.15, 0.2) is 76.3 Å². The topological polar surface area (TPSA) is 66.4 Å². The van der Waals surface area contributed by atoms with E-state index in [0.717, 1.165) is 49.3 Å². The molecule has 1 aliphatic rings. The molecule has 0 aromatic heterocycles. The second-order valence-corrected chi connectivity index (χ2v) is 9.53. The van der Waals surface area contributed by atoms with Crippen molar-refractivity contribution in [3.05, 3.63) is 93.5 Å². The van der Waals surface area contributed by atoms with Gasteiger partial charge >= 0.3 is 0 Å². The van der Waals surface area contributed by atoms with Gasteiger partial charge in [0.25, 0.3) is 5.91 Å². The van der Waals surface area contributed by atoms with Gasteiger partial charge in [0.1, 0.15) is 0 Å². The summed E-state index contributed by atoms with van der Waals surface area (Å²) in [5.41, 5.74) is 6.47. The third-order valence-electron chi connectivity index (χ3n) is 6.17. The molecule has 0 aliphatic carbocycles. The van der Waals surface area contributed by atoms with Gasteiger partial charge in [-0.3, -0.25) is 14.6 Å². The second-order valence-electron chi connectivity index (χ2n) is 8.67. The van der Waals surface area contributed by atoms with Crippen molar-refractivity contribution in [3.63, 3.8) is 0 Å². The number of halogens is 1. The zero-order valence-corrected chi connectivity index (χ0v) is 22.2. The lowest BCUT2D eigenvalue weighted by molar-refractivity contribution is 0.0955. The number of piperazine rings is 1. The Morgan fingerprint density at radius 2 is 1.53 bits per heavy atom. The van der Waals surface area contributed by atoms with Gasteiger partial charge in [0, 0.05) is 44.8 Å². The summed E-state index contributed by atoms with van der Waals surface area (Å²) < 4.78 is 11.4. The third kappa shape index (κ3) is 6.94. The number of amides is 1. The Balaban J connectivity index is 1.25. The molecule has 0 unspecified atom stereocenters. The summed E-state index contributed by atoms with van der Waals surface area (Å²) in [6.45, 7) is 6.08. The molecule has 1 N–H and O–H groups in total. The average Bonchev–Trinajstić information content (AvgIpc) is 2.90. The first-order valence-electron chi connectivity index (χ1n) is 11.9. The molecule has 36 heavy (non-hydrogen) atoms. The van der Waals surface area contributed by atoms with E-state index in [4.69, 9.17) is 9.47 Å². The predicted molar refractivity (Wildman–Crippen MR) is 146 cm³/mol. The summed E-state index contributed by atoms with van der Waals surface area (Å²) in [5.74, 6) is 0.924. The lowest BCUT2D eigenvalue weighted by atomic mass is 10.1. The number of hydrazone groups is 1. The van der Waals surface area contributed by atoms with Gasteiger partial charge in [-0.2, -0.15) is 5.10 Å². The van der Waals surface area contributed by atoms with Crippen molar-refractivity contribution < 1.29 is 14.3 Å². The molecule has 1 aliphatic heterocycles. The van der Waals surface area contributed by atoms with E-state index in [9.17, 15) is 4.79 Å². The number of hydrogen-bond acceptors (Lipinski definition) is 6. The smallest absolute Gasteiger partial charge is 0.271 e. The quantitative estimate of drug-likeness (QED) is 0.313. The first kappa shape index (κ1) is 25.9. The molecule has 0 spiro atoms. The number of benzene rings is 3. The van der Waals surface area contributed by atoms with E-state index in [0.29, 0.717) is 17.1 Å². The van der Waals surface area contributed by atoms with E-state index >= 15 is 0 Å². The summed E-state index contributed by atoms with van der Waals surface area (Å²) in [4.78, 5) is 17.5. The van der Waals surface area contributed by atoms with Crippen molar-refractivity contribution >= 4 is 28.1 Å². The molecule has 1 saturated heterocycles. The van der Waals surface area contributed by atoms with Crippen molar-refractivity contribution in [2.75, 3.05) is 40.4 Å². The van der Waals surface area contributed by atoms with Crippen molar-refractivity contribution in [3.8, 4) is 11.5 Å². The number of rotatable bonds is 9. The van der Waals surface area contributed by atoms with Crippen LogP contribution in [0.5, 0.6) is 11.5 Å². The highest BCUT2D eigenvalue weighted by Gasteiger charge is 2.17. The lowest BCUT2D eigenvalue weighted by Gasteiger charge is -2.34. The molecule has 0 radical (unpaired) electrons. The third-order valence-corrected chi connectivity index (χ3v) is 6.76. The van der Waals surface area contributed by atoms with Crippen molar-refractivity contribution in [2.24, 2.45) is 5.10 Å². The maximum Gasteiger partial charge on any atom is 0.271 e. The zero-order valence-electron chi connectivity index (χ0n) is 20.6. The van der Waals surface area contributed by atoms with Crippen molar-refractivity contribution in [2.45, 2.75) is 13.1 Å². The summed E-state index contributed by atoms with van der Waals surface area (Å²) >= 11 is 3.46. The minimum absolute atomic E-state index is 0.258. The second kappa shape index (κ2) is 12.7. The Labute approximate surface area is 220 Å². The molecule has 8 heteroatoms. The van der Waals surface area contributed by atoms with Gasteiger partial charge in [-0.1, -0.05) is 42.5 Å². The number of ether oxygens (including phenoxy) is 2. The SMILES string of the molecule is COc1cc(/C=N\NC(=O)c2ccc(CN3CCN(Cc4ccccc4)CC3)cc2)cc(Br)c1OC. The van der Waals surface area contributed by atoms with E-state index in [1.807, 2.05) is 30.3 Å². The minimum Gasteiger partial charge on any atom is -0.493 e. The Kier molecular flexibility index (Phi) is 9.11. The first-order chi connectivity index (χ1) is 17.6. The highest BCUT2D eigenvalue weighted by atomic mass is 79.9. The van der Waals surface area contributed by atoms with Crippen LogP contribution in [0.1, 0.15) is 27.0 Å². The van der Waals surface area contributed by atoms with Crippen LogP contribution in [0.3, 0.4) is 0 Å². The van der Waals surface area contributed by atoms with Crippen LogP contribution >= 0.6 is 15.9 Å². The van der Waals surface area contributed by atoms with Gasteiger partial charge in [-0.05, 0) is 56.9 Å². The molecule has 3 aromatic carbocycles. The van der Waals surface area contributed by atoms with Gasteiger partial charge < -0.3 is 9.47 Å². The lowest BCUT2D eigenvalue weighted by Crippen LogP contribution is -2.45. The van der Waals surface area contributed by atoms with Crippen LogP contribution < -0.4 is 14.9 Å². The fourth-order valence-electron chi connectivity index (χ4n) is 4.21. The van der Waals surface area contributed by atoms with Gasteiger partial charge in [0.15, 0.2) is 11.5 Å². The highest BCUT2D eigenvalue weighted by molar-refractivity contribution is 9.10. The van der Waals surface area contributed by atoms with E-state index in [1.54, 1.807) is 26.5 Å². The summed E-state index contributed by atoms with van der Waals surface area (Å²) in [6.07, 6.45) is 1.57. The Hall–Kier alpha value is -3.20. The normalized spacial score (nSPS) is 14.6. The Morgan fingerprint density at radius 1 is 0.917 bits per heavy atom. The van der Waals surface area contributed by atoms with Crippen LogP contribution in [0.25, 0.3) is 0 Å². The largest absolute Gasteiger partial charge is 0.493 e. The van der Waals surface area contributed by atoms with Gasteiger partial charge in [0.2, 0.25) is 0 Å². The zero-order chi connectivity index (χ0) is 25.3. The fraction of sp³-hybridized carbons (Fsp3) is 0.286. The molecule has 3 aromatic rings. The van der Waals surface area contributed by atoms with Gasteiger partial charge in [-0.15, -0.1) is 0 Å². The molecular weight excluding hydrogens is 520 g/mol. The number of hydrogen-bond donors (Lipinski definition) is 1. The minimum atomic E-state index is -0.258. The van der Waals surface area contributed by atoms with Crippen LogP contribution in [-0.4, -0.2) is 62.3 Å². The maximum atomic E-state index is 12.5. The number of carbonyl (C=O) groups is 1. The van der Waals surface area contributed by atoms with E-state index in [1.165, 1.54) is 11.1 Å². The number of carbonyl (C=O) groups excluding carboxylic acids is 1. The molecular formula is C28H31BrN4O3. The molecule has 0 saturated carbocycles. The van der Waals surface area contributed by atoms with E-state index in [-0.39, 0.29) is 5.91 Å². The van der Waals surface area contributed by atoms with Crippen molar-refractivity contribution in [1.29, 1.82) is 0 Å². The monoisotopic (exact) mass is 550 g/mol. The molecule has 7 nitrogen and oxygen atoms in total. The van der Waals surface area contributed by atoms with Gasteiger partial charge in [0.05, 0.1) is 24.9 Å². The maximum absolute atomic E-state index is 12.5. The summed E-state index contributed by atoms with van der Waals surface area (Å²) in [6, 6.07) is 22.0. The van der Waals surface area contributed by atoms with Crippen LogP contribution in [0.4, 0.5) is 0 Å². The van der Waals surface area contributed by atoms with Crippen LogP contribution in [-0.2, 0) is 13.1 Å². The van der Waals surface area contributed by atoms with Gasteiger partial charge in [-0.25, -0.2) is 5.43 Å². The number of nitrogens with zero attached hydrogens (tertiary/aromatic N) is 3. The standard InChI is InChI=1S/C28H31BrN4O3/c1-35-26-17-23(16-25(29)27(26)36-2)18-30-31-28(34)24-10-8-22(9-11-24)20-33-14-12-32(13-15-33)19-21-6-4-3-5-7-21/h3-11,16-18H,12-15,19-20H2,1-2H3,(H,31,34)/b30-18-. The number of methoxy groups -OCH3 is 2. The molecule has 1 heterocycles. The Bertz CT molecular complexity index is 1180. The summed E-state index contributed by atoms with van der Waals surface area (Å²) in [5, 5.41) is 4.09.